The highest BCUT2D eigenvalue weighted by Gasteiger charge is 2.11. The lowest BCUT2D eigenvalue weighted by Gasteiger charge is -2.08. The van der Waals surface area contributed by atoms with Crippen LogP contribution >= 0.6 is 0 Å². The number of halogens is 1. The normalized spacial score (nSPS) is 10.7. The van der Waals surface area contributed by atoms with Crippen LogP contribution in [-0.2, 0) is 20.7 Å². The maximum Gasteiger partial charge on any atom is 0.307 e. The van der Waals surface area contributed by atoms with E-state index in [1.54, 1.807) is 44.2 Å². The molecule has 1 heterocycles. The predicted molar refractivity (Wildman–Crippen MR) is 91.3 cm³/mol. The standard InChI is InChI=1S/C19H22FNO4/c1-13(2)24-19(23)11-12-21-18(22)10-8-14-7-9-17(25-14)15-5-3-4-6-16(15)20/h3-7,9,13H,8,10-12H2,1-2H3,(H,21,22). The van der Waals surface area contributed by atoms with E-state index in [4.69, 9.17) is 9.15 Å². The monoisotopic (exact) mass is 347 g/mol. The van der Waals surface area contributed by atoms with Gasteiger partial charge < -0.3 is 14.5 Å². The Morgan fingerprint density at radius 2 is 1.92 bits per heavy atom. The number of aryl methyl sites for hydroxylation is 1. The lowest BCUT2D eigenvalue weighted by molar-refractivity contribution is -0.147. The lowest BCUT2D eigenvalue weighted by Crippen LogP contribution is -2.27. The molecule has 2 aromatic rings. The molecule has 2 rings (SSSR count). The highest BCUT2D eigenvalue weighted by molar-refractivity contribution is 5.77. The van der Waals surface area contributed by atoms with Crippen molar-refractivity contribution in [3.63, 3.8) is 0 Å². The van der Waals surface area contributed by atoms with Crippen molar-refractivity contribution in [2.75, 3.05) is 6.54 Å². The lowest BCUT2D eigenvalue weighted by atomic mass is 10.1. The third kappa shape index (κ3) is 6.06. The summed E-state index contributed by atoms with van der Waals surface area (Å²) < 4.78 is 24.3. The van der Waals surface area contributed by atoms with E-state index in [1.807, 2.05) is 0 Å². The van der Waals surface area contributed by atoms with Crippen molar-refractivity contribution in [3.05, 3.63) is 48.0 Å². The fourth-order valence-electron chi connectivity index (χ4n) is 2.27. The third-order valence-electron chi connectivity index (χ3n) is 3.42. The van der Waals surface area contributed by atoms with Crippen LogP contribution in [0.4, 0.5) is 4.39 Å². The van der Waals surface area contributed by atoms with Crippen LogP contribution in [0.3, 0.4) is 0 Å². The summed E-state index contributed by atoms with van der Waals surface area (Å²) in [6.07, 6.45) is 0.605. The first kappa shape index (κ1) is 18.7. The van der Waals surface area contributed by atoms with E-state index in [0.717, 1.165) is 0 Å². The van der Waals surface area contributed by atoms with Gasteiger partial charge in [-0.3, -0.25) is 9.59 Å². The first-order valence-electron chi connectivity index (χ1n) is 8.25. The number of hydrogen-bond donors (Lipinski definition) is 1. The minimum Gasteiger partial charge on any atom is -0.463 e. The van der Waals surface area contributed by atoms with Gasteiger partial charge in [-0.05, 0) is 38.1 Å². The Bertz CT molecular complexity index is 724. The highest BCUT2D eigenvalue weighted by Crippen LogP contribution is 2.25. The van der Waals surface area contributed by atoms with Crippen molar-refractivity contribution in [3.8, 4) is 11.3 Å². The number of esters is 1. The minimum atomic E-state index is -0.352. The van der Waals surface area contributed by atoms with Gasteiger partial charge in [0.15, 0.2) is 0 Å². The van der Waals surface area contributed by atoms with Crippen LogP contribution in [0.15, 0.2) is 40.8 Å². The average Bonchev–Trinajstić information content (AvgIpc) is 3.01. The van der Waals surface area contributed by atoms with Gasteiger partial charge in [0.25, 0.3) is 0 Å². The molecule has 0 bridgehead atoms. The second kappa shape index (κ2) is 9.01. The molecule has 25 heavy (non-hydrogen) atoms. The SMILES string of the molecule is CC(C)OC(=O)CCNC(=O)CCc1ccc(-c2ccccc2F)o1. The van der Waals surface area contributed by atoms with E-state index in [9.17, 15) is 14.0 Å². The van der Waals surface area contributed by atoms with Crippen molar-refractivity contribution < 1.29 is 23.1 Å². The molecule has 0 aliphatic heterocycles. The molecule has 0 spiro atoms. The fraction of sp³-hybridized carbons (Fsp3) is 0.368. The van der Waals surface area contributed by atoms with Crippen LogP contribution in [0, 0.1) is 5.82 Å². The number of carbonyl (C=O) groups is 2. The zero-order valence-corrected chi connectivity index (χ0v) is 14.4. The zero-order valence-electron chi connectivity index (χ0n) is 14.4. The Balaban J connectivity index is 1.76. The van der Waals surface area contributed by atoms with Gasteiger partial charge in [-0.1, -0.05) is 12.1 Å². The summed E-state index contributed by atoms with van der Waals surface area (Å²) in [5.74, 6) is 0.170. The molecule has 0 aliphatic carbocycles. The summed E-state index contributed by atoms with van der Waals surface area (Å²) in [6, 6.07) is 9.78. The molecular weight excluding hydrogens is 325 g/mol. The number of ether oxygens (including phenoxy) is 1. The van der Waals surface area contributed by atoms with E-state index in [2.05, 4.69) is 5.32 Å². The Hall–Kier alpha value is -2.63. The van der Waals surface area contributed by atoms with Crippen molar-refractivity contribution in [2.45, 2.75) is 39.2 Å². The van der Waals surface area contributed by atoms with E-state index in [1.165, 1.54) is 6.07 Å². The highest BCUT2D eigenvalue weighted by atomic mass is 19.1. The Morgan fingerprint density at radius 3 is 2.64 bits per heavy atom. The molecule has 1 amide bonds. The molecule has 0 radical (unpaired) electrons. The maximum atomic E-state index is 13.7. The van der Waals surface area contributed by atoms with Gasteiger partial charge in [-0.25, -0.2) is 4.39 Å². The van der Waals surface area contributed by atoms with Crippen molar-refractivity contribution >= 4 is 11.9 Å². The second-order valence-corrected chi connectivity index (χ2v) is 5.88. The van der Waals surface area contributed by atoms with Crippen molar-refractivity contribution in [1.82, 2.24) is 5.32 Å². The number of furan rings is 1. The van der Waals surface area contributed by atoms with Crippen LogP contribution in [0.5, 0.6) is 0 Å². The van der Waals surface area contributed by atoms with Crippen LogP contribution in [0.2, 0.25) is 0 Å². The second-order valence-electron chi connectivity index (χ2n) is 5.88. The summed E-state index contributed by atoms with van der Waals surface area (Å²) in [5, 5.41) is 2.66. The number of carbonyl (C=O) groups excluding carboxylic acids is 2. The van der Waals surface area contributed by atoms with Crippen LogP contribution < -0.4 is 5.32 Å². The van der Waals surface area contributed by atoms with Gasteiger partial charge in [-0.2, -0.15) is 0 Å². The Morgan fingerprint density at radius 1 is 1.16 bits per heavy atom. The van der Waals surface area contributed by atoms with Gasteiger partial charge in [0.2, 0.25) is 5.91 Å². The Kier molecular flexibility index (Phi) is 6.74. The van der Waals surface area contributed by atoms with E-state index in [-0.39, 0.29) is 43.2 Å². The molecule has 1 N–H and O–H groups in total. The maximum absolute atomic E-state index is 13.7. The fourth-order valence-corrected chi connectivity index (χ4v) is 2.27. The molecule has 0 saturated heterocycles. The molecule has 134 valence electrons. The molecule has 0 saturated carbocycles. The molecule has 0 fully saturated rings. The zero-order chi connectivity index (χ0) is 18.2. The number of nitrogens with one attached hydrogen (secondary N) is 1. The number of rotatable bonds is 8. The summed E-state index contributed by atoms with van der Waals surface area (Å²) in [6.45, 7) is 3.79. The van der Waals surface area contributed by atoms with Gasteiger partial charge in [0, 0.05) is 19.4 Å². The molecule has 6 heteroatoms. The van der Waals surface area contributed by atoms with Crippen LogP contribution in [0.25, 0.3) is 11.3 Å². The smallest absolute Gasteiger partial charge is 0.307 e. The predicted octanol–water partition coefficient (Wildman–Crippen LogP) is 3.48. The number of hydrogen-bond acceptors (Lipinski definition) is 4. The number of benzene rings is 1. The van der Waals surface area contributed by atoms with Gasteiger partial charge in [0.05, 0.1) is 18.1 Å². The van der Waals surface area contributed by atoms with Gasteiger partial charge in [-0.15, -0.1) is 0 Å². The molecule has 0 unspecified atom stereocenters. The molecule has 0 atom stereocenters. The van der Waals surface area contributed by atoms with Crippen molar-refractivity contribution in [2.24, 2.45) is 0 Å². The third-order valence-corrected chi connectivity index (χ3v) is 3.42. The average molecular weight is 347 g/mol. The first-order valence-corrected chi connectivity index (χ1v) is 8.25. The first-order chi connectivity index (χ1) is 12.0. The van der Waals surface area contributed by atoms with Gasteiger partial charge >= 0.3 is 5.97 Å². The summed E-state index contributed by atoms with van der Waals surface area (Å²) in [4.78, 5) is 23.1. The minimum absolute atomic E-state index is 0.141. The molecule has 1 aromatic heterocycles. The summed E-state index contributed by atoms with van der Waals surface area (Å²) >= 11 is 0. The van der Waals surface area contributed by atoms with E-state index in [0.29, 0.717) is 23.5 Å². The Labute approximate surface area is 146 Å². The van der Waals surface area contributed by atoms with Crippen LogP contribution in [0.1, 0.15) is 32.4 Å². The van der Waals surface area contributed by atoms with Crippen molar-refractivity contribution in [1.29, 1.82) is 0 Å². The molecule has 1 aromatic carbocycles. The quantitative estimate of drug-likeness (QED) is 0.743. The topological polar surface area (TPSA) is 68.5 Å². The number of amides is 1. The molecule has 0 aliphatic rings. The largest absolute Gasteiger partial charge is 0.463 e. The van der Waals surface area contributed by atoms with Gasteiger partial charge in [0.1, 0.15) is 17.3 Å². The van der Waals surface area contributed by atoms with Crippen LogP contribution in [-0.4, -0.2) is 24.5 Å². The van der Waals surface area contributed by atoms with E-state index < -0.39 is 0 Å². The molecule has 5 nitrogen and oxygen atoms in total. The summed E-state index contributed by atoms with van der Waals surface area (Å²) in [5.41, 5.74) is 0.391. The summed E-state index contributed by atoms with van der Waals surface area (Å²) in [7, 11) is 0. The van der Waals surface area contributed by atoms with E-state index >= 15 is 0 Å². The molecular formula is C19H22FNO4.